The molecule has 0 aliphatic rings. The smallest absolute Gasteiger partial charge is 0.208 e. The summed E-state index contributed by atoms with van der Waals surface area (Å²) < 4.78 is 25.0. The lowest BCUT2D eigenvalue weighted by Crippen LogP contribution is -2.20. The highest BCUT2D eigenvalue weighted by atomic mass is 32.2. The normalized spacial score (nSPS) is 11.7. The summed E-state index contributed by atoms with van der Waals surface area (Å²) in [7, 11) is -3.34. The number of nitrogens with one attached hydrogen (secondary N) is 1. The van der Waals surface area contributed by atoms with E-state index in [1.54, 1.807) is 6.08 Å². The Morgan fingerprint density at radius 2 is 1.93 bits per heavy atom. The van der Waals surface area contributed by atoms with Crippen LogP contribution in [0.1, 0.15) is 5.56 Å². The van der Waals surface area contributed by atoms with Crippen LogP contribution in [0.15, 0.2) is 48.4 Å². The fraction of sp³-hybridized carbons (Fsp3) is 0.0909. The van der Waals surface area contributed by atoms with Crippen LogP contribution >= 0.6 is 0 Å². The van der Waals surface area contributed by atoms with Gasteiger partial charge in [0.15, 0.2) is 0 Å². The van der Waals surface area contributed by atoms with E-state index in [9.17, 15) is 8.42 Å². The maximum absolute atomic E-state index is 11.3. The number of sulfonamides is 1. The van der Waals surface area contributed by atoms with Gasteiger partial charge in [-0.25, -0.2) is 13.1 Å². The maximum atomic E-state index is 11.3. The standard InChI is InChI=1S/C11H13NO2S/c1-2-9-12-15(13,14)10-8-11-6-4-3-5-7-11/h2-8,10,12H,1,9H2/b10-8-. The molecule has 0 aromatic heterocycles. The van der Waals surface area contributed by atoms with Crippen LogP contribution in [0.2, 0.25) is 0 Å². The number of hydrogen-bond acceptors (Lipinski definition) is 2. The highest BCUT2D eigenvalue weighted by Crippen LogP contribution is 2.02. The first-order valence-corrected chi connectivity index (χ1v) is 6.02. The molecule has 0 amide bonds. The molecule has 0 radical (unpaired) electrons. The summed E-state index contributed by atoms with van der Waals surface area (Å²) in [5.74, 6) is 0. The number of hydrogen-bond donors (Lipinski definition) is 1. The maximum Gasteiger partial charge on any atom is 0.234 e. The molecule has 0 aliphatic heterocycles. The van der Waals surface area contributed by atoms with Crippen molar-refractivity contribution in [2.24, 2.45) is 0 Å². The molecule has 0 aliphatic carbocycles. The molecule has 4 heteroatoms. The van der Waals surface area contributed by atoms with Gasteiger partial charge >= 0.3 is 0 Å². The topological polar surface area (TPSA) is 46.2 Å². The molecule has 0 fully saturated rings. The summed E-state index contributed by atoms with van der Waals surface area (Å²) >= 11 is 0. The minimum Gasteiger partial charge on any atom is -0.208 e. The lowest BCUT2D eigenvalue weighted by atomic mass is 10.2. The molecule has 0 bridgehead atoms. The molecular formula is C11H13NO2S. The van der Waals surface area contributed by atoms with E-state index in [2.05, 4.69) is 11.3 Å². The van der Waals surface area contributed by atoms with Crippen LogP contribution in [-0.4, -0.2) is 15.0 Å². The highest BCUT2D eigenvalue weighted by Gasteiger charge is 2.01. The summed E-state index contributed by atoms with van der Waals surface area (Å²) in [5.41, 5.74) is 0.849. The SMILES string of the molecule is C=CCNS(=O)(=O)/C=C\c1ccccc1. The van der Waals surface area contributed by atoms with E-state index in [1.807, 2.05) is 30.3 Å². The molecular weight excluding hydrogens is 210 g/mol. The van der Waals surface area contributed by atoms with Gasteiger partial charge in [0, 0.05) is 12.0 Å². The van der Waals surface area contributed by atoms with E-state index in [1.165, 1.54) is 6.08 Å². The van der Waals surface area contributed by atoms with E-state index in [0.717, 1.165) is 11.0 Å². The Morgan fingerprint density at radius 3 is 2.53 bits per heavy atom. The van der Waals surface area contributed by atoms with Crippen molar-refractivity contribution in [3.63, 3.8) is 0 Å². The van der Waals surface area contributed by atoms with E-state index in [4.69, 9.17) is 0 Å². The van der Waals surface area contributed by atoms with E-state index in [0.29, 0.717) is 0 Å². The van der Waals surface area contributed by atoms with Gasteiger partial charge in [-0.1, -0.05) is 36.4 Å². The largest absolute Gasteiger partial charge is 0.234 e. The molecule has 0 saturated heterocycles. The molecule has 3 nitrogen and oxygen atoms in total. The molecule has 0 atom stereocenters. The lowest BCUT2D eigenvalue weighted by molar-refractivity contribution is 0.595. The molecule has 1 rings (SSSR count). The van der Waals surface area contributed by atoms with Crippen molar-refractivity contribution in [1.82, 2.24) is 4.72 Å². The molecule has 15 heavy (non-hydrogen) atoms. The lowest BCUT2D eigenvalue weighted by Gasteiger charge is -1.97. The van der Waals surface area contributed by atoms with Gasteiger partial charge in [-0.15, -0.1) is 6.58 Å². The van der Waals surface area contributed by atoms with Crippen LogP contribution in [0, 0.1) is 0 Å². The monoisotopic (exact) mass is 223 g/mol. The minimum absolute atomic E-state index is 0.238. The van der Waals surface area contributed by atoms with Crippen LogP contribution in [-0.2, 0) is 10.0 Å². The summed E-state index contributed by atoms with van der Waals surface area (Å²) in [4.78, 5) is 0. The average Bonchev–Trinajstić information content (AvgIpc) is 2.25. The van der Waals surface area contributed by atoms with Crippen molar-refractivity contribution in [3.05, 3.63) is 54.0 Å². The second-order valence-electron chi connectivity index (χ2n) is 2.90. The summed E-state index contributed by atoms with van der Waals surface area (Å²) in [6, 6.07) is 9.24. The fourth-order valence-corrected chi connectivity index (χ4v) is 1.74. The molecule has 0 heterocycles. The summed E-state index contributed by atoms with van der Waals surface area (Å²) in [5, 5.41) is 1.14. The first-order chi connectivity index (χ1) is 7.14. The molecule has 1 aromatic rings. The van der Waals surface area contributed by atoms with Gasteiger partial charge in [-0.3, -0.25) is 0 Å². The Balaban J connectivity index is 2.69. The van der Waals surface area contributed by atoms with Crippen molar-refractivity contribution in [3.8, 4) is 0 Å². The van der Waals surface area contributed by atoms with Gasteiger partial charge in [-0.05, 0) is 11.6 Å². The second kappa shape index (κ2) is 5.48. The Morgan fingerprint density at radius 1 is 1.27 bits per heavy atom. The molecule has 1 N–H and O–H groups in total. The number of benzene rings is 1. The van der Waals surface area contributed by atoms with Gasteiger partial charge < -0.3 is 0 Å². The first-order valence-electron chi connectivity index (χ1n) is 4.48. The summed E-state index contributed by atoms with van der Waals surface area (Å²) in [6.07, 6.45) is 3.04. The Bertz CT molecular complexity index is 435. The Labute approximate surface area is 90.2 Å². The minimum atomic E-state index is -3.34. The van der Waals surface area contributed by atoms with Crippen LogP contribution in [0.5, 0.6) is 0 Å². The third-order valence-electron chi connectivity index (χ3n) is 1.67. The zero-order valence-corrected chi connectivity index (χ0v) is 9.07. The van der Waals surface area contributed by atoms with E-state index < -0.39 is 10.0 Å². The van der Waals surface area contributed by atoms with E-state index in [-0.39, 0.29) is 6.54 Å². The van der Waals surface area contributed by atoms with Gasteiger partial charge in [-0.2, -0.15) is 0 Å². The van der Waals surface area contributed by atoms with Gasteiger partial charge in [0.1, 0.15) is 0 Å². The summed E-state index contributed by atoms with van der Waals surface area (Å²) in [6.45, 7) is 3.67. The quantitative estimate of drug-likeness (QED) is 0.773. The van der Waals surface area contributed by atoms with Crippen LogP contribution in [0.4, 0.5) is 0 Å². The van der Waals surface area contributed by atoms with Crippen LogP contribution < -0.4 is 4.72 Å². The van der Waals surface area contributed by atoms with Gasteiger partial charge in [0.05, 0.1) is 0 Å². The molecule has 1 aromatic carbocycles. The van der Waals surface area contributed by atoms with Crippen molar-refractivity contribution in [1.29, 1.82) is 0 Å². The zero-order valence-electron chi connectivity index (χ0n) is 8.26. The van der Waals surface area contributed by atoms with Gasteiger partial charge in [0.2, 0.25) is 10.0 Å². The molecule has 0 saturated carbocycles. The third kappa shape index (κ3) is 4.58. The third-order valence-corrected chi connectivity index (χ3v) is 2.73. The van der Waals surface area contributed by atoms with Crippen LogP contribution in [0.3, 0.4) is 0 Å². The molecule has 80 valence electrons. The second-order valence-corrected chi connectivity index (χ2v) is 4.55. The predicted molar refractivity (Wildman–Crippen MR) is 62.6 cm³/mol. The fourth-order valence-electron chi connectivity index (χ4n) is 0.955. The van der Waals surface area contributed by atoms with Crippen molar-refractivity contribution < 1.29 is 8.42 Å². The van der Waals surface area contributed by atoms with Crippen molar-refractivity contribution >= 4 is 16.1 Å². The van der Waals surface area contributed by atoms with Crippen molar-refractivity contribution in [2.75, 3.05) is 6.54 Å². The van der Waals surface area contributed by atoms with Gasteiger partial charge in [0.25, 0.3) is 0 Å². The van der Waals surface area contributed by atoms with E-state index >= 15 is 0 Å². The number of rotatable bonds is 5. The van der Waals surface area contributed by atoms with Crippen molar-refractivity contribution in [2.45, 2.75) is 0 Å². The Hall–Kier alpha value is -1.39. The zero-order chi connectivity index (χ0) is 11.1. The average molecular weight is 223 g/mol. The van der Waals surface area contributed by atoms with Crippen LogP contribution in [0.25, 0.3) is 6.08 Å². The molecule has 0 spiro atoms. The first kappa shape index (κ1) is 11.7. The Kier molecular flexibility index (Phi) is 4.27. The molecule has 0 unspecified atom stereocenters. The predicted octanol–water partition coefficient (Wildman–Crippen LogP) is 1.76. The highest BCUT2D eigenvalue weighted by molar-refractivity contribution is 7.92.